The van der Waals surface area contributed by atoms with E-state index in [2.05, 4.69) is 36.5 Å². The fourth-order valence-electron chi connectivity index (χ4n) is 5.72. The third-order valence-corrected chi connectivity index (χ3v) is 7.52. The summed E-state index contributed by atoms with van der Waals surface area (Å²) in [5.41, 5.74) is 4.92. The molecule has 4 heteroatoms. The molecule has 2 aliphatic carbocycles. The molecule has 0 radical (unpaired) electrons. The highest BCUT2D eigenvalue weighted by molar-refractivity contribution is 5.75. The van der Waals surface area contributed by atoms with Gasteiger partial charge in [0.25, 0.3) is 0 Å². The van der Waals surface area contributed by atoms with Crippen molar-refractivity contribution < 1.29 is 15.0 Å². The minimum atomic E-state index is -0.537. The second-order valence-electron chi connectivity index (χ2n) is 10.4. The second kappa shape index (κ2) is 12.3. The Kier molecular flexibility index (Phi) is 8.95. The molecule has 2 aromatic rings. The maximum atomic E-state index is 12.1. The van der Waals surface area contributed by atoms with Crippen molar-refractivity contribution in [2.45, 2.75) is 70.6 Å². The van der Waals surface area contributed by atoms with E-state index in [4.69, 9.17) is 0 Å². The number of hydrogen-bond acceptors (Lipinski definition) is 3. The summed E-state index contributed by atoms with van der Waals surface area (Å²) in [6.07, 6.45) is 11.4. The van der Waals surface area contributed by atoms with Crippen molar-refractivity contribution in [2.75, 3.05) is 0 Å². The second-order valence-corrected chi connectivity index (χ2v) is 10.4. The number of carbonyl (C=O) groups excluding carboxylic acids is 1. The molecule has 2 aromatic carbocycles. The largest absolute Gasteiger partial charge is 0.392 e. The highest BCUT2D eigenvalue weighted by atomic mass is 16.3. The van der Waals surface area contributed by atoms with Crippen LogP contribution in [0.3, 0.4) is 0 Å². The quantitative estimate of drug-likeness (QED) is 0.307. The number of nitrogens with one attached hydrogen (secondary N) is 1. The van der Waals surface area contributed by atoms with Crippen LogP contribution in [0.5, 0.6) is 0 Å². The van der Waals surface area contributed by atoms with E-state index < -0.39 is 6.10 Å². The van der Waals surface area contributed by atoms with Crippen LogP contribution in [0, 0.1) is 24.7 Å². The van der Waals surface area contributed by atoms with Gasteiger partial charge in [-0.1, -0.05) is 84.0 Å². The molecule has 0 unspecified atom stereocenters. The zero-order valence-corrected chi connectivity index (χ0v) is 20.8. The number of aliphatic hydroxyl groups excluding tert-OH is 2. The molecule has 0 heterocycles. The summed E-state index contributed by atoms with van der Waals surface area (Å²) in [5.74, 6) is 1.07. The van der Waals surface area contributed by atoms with Crippen LogP contribution in [0.2, 0.25) is 0 Å². The molecule has 186 valence electrons. The number of hydrogen-bond donors (Lipinski definition) is 3. The smallest absolute Gasteiger partial charge is 0.220 e. The molecule has 5 atom stereocenters. The van der Waals surface area contributed by atoms with Crippen LogP contribution in [-0.2, 0) is 17.8 Å². The van der Waals surface area contributed by atoms with E-state index in [0.29, 0.717) is 31.2 Å². The highest BCUT2D eigenvalue weighted by Gasteiger charge is 2.43. The Morgan fingerprint density at radius 2 is 1.91 bits per heavy atom. The van der Waals surface area contributed by atoms with E-state index in [1.165, 1.54) is 11.1 Å². The van der Waals surface area contributed by atoms with Crippen LogP contribution in [-0.4, -0.2) is 28.3 Å². The molecule has 0 saturated heterocycles. The molecule has 4 rings (SSSR count). The van der Waals surface area contributed by atoms with Crippen LogP contribution < -0.4 is 5.32 Å². The lowest BCUT2D eigenvalue weighted by Gasteiger charge is -2.19. The molecule has 35 heavy (non-hydrogen) atoms. The fraction of sp³-hybridized carbons (Fsp3) is 0.452. The molecule has 3 N–H and O–H groups in total. The van der Waals surface area contributed by atoms with Gasteiger partial charge in [-0.3, -0.25) is 4.79 Å². The van der Waals surface area contributed by atoms with E-state index in [-0.39, 0.29) is 17.9 Å². The van der Waals surface area contributed by atoms with Gasteiger partial charge in [0.1, 0.15) is 0 Å². The molecule has 4 nitrogen and oxygen atoms in total. The number of unbranched alkanes of at least 4 members (excludes halogenated alkanes) is 1. The molecule has 1 fully saturated rings. The number of aliphatic hydroxyl groups is 2. The molecular formula is C31H39NO3. The first-order valence-corrected chi connectivity index (χ1v) is 13.1. The molecule has 1 amide bonds. The summed E-state index contributed by atoms with van der Waals surface area (Å²) >= 11 is 0. The highest BCUT2D eigenvalue weighted by Crippen LogP contribution is 2.48. The third-order valence-electron chi connectivity index (χ3n) is 7.52. The van der Waals surface area contributed by atoms with E-state index >= 15 is 0 Å². The lowest BCUT2D eigenvalue weighted by Crippen LogP contribution is -2.22. The monoisotopic (exact) mass is 473 g/mol. The van der Waals surface area contributed by atoms with Gasteiger partial charge in [-0.05, 0) is 62.0 Å². The maximum Gasteiger partial charge on any atom is 0.220 e. The van der Waals surface area contributed by atoms with Gasteiger partial charge in [-0.25, -0.2) is 0 Å². The van der Waals surface area contributed by atoms with Crippen molar-refractivity contribution in [3.63, 3.8) is 0 Å². The molecule has 2 aliphatic rings. The topological polar surface area (TPSA) is 69.6 Å². The van der Waals surface area contributed by atoms with Crippen molar-refractivity contribution in [1.82, 2.24) is 5.32 Å². The van der Waals surface area contributed by atoms with Crippen LogP contribution in [0.15, 0.2) is 78.4 Å². The Morgan fingerprint density at radius 1 is 1.11 bits per heavy atom. The number of amides is 1. The van der Waals surface area contributed by atoms with Gasteiger partial charge in [0.2, 0.25) is 5.91 Å². The summed E-state index contributed by atoms with van der Waals surface area (Å²) in [5, 5.41) is 24.1. The lowest BCUT2D eigenvalue weighted by molar-refractivity contribution is -0.121. The van der Waals surface area contributed by atoms with Crippen molar-refractivity contribution >= 4 is 5.91 Å². The summed E-state index contributed by atoms with van der Waals surface area (Å²) in [6.45, 7) is 2.65. The van der Waals surface area contributed by atoms with E-state index in [1.807, 2.05) is 48.5 Å². The number of aryl methyl sites for hydroxylation is 1. The number of fused-ring (bicyclic) bond motifs is 1. The average molecular weight is 474 g/mol. The van der Waals surface area contributed by atoms with E-state index in [0.717, 1.165) is 43.2 Å². The predicted octanol–water partition coefficient (Wildman–Crippen LogP) is 5.27. The van der Waals surface area contributed by atoms with Crippen LogP contribution in [0.1, 0.15) is 55.2 Å². The van der Waals surface area contributed by atoms with Gasteiger partial charge in [0.15, 0.2) is 0 Å². The Morgan fingerprint density at radius 3 is 2.71 bits per heavy atom. The Labute approximate surface area is 209 Å². The molecule has 1 saturated carbocycles. The van der Waals surface area contributed by atoms with Crippen LogP contribution >= 0.6 is 0 Å². The zero-order chi connectivity index (χ0) is 24.6. The fourth-order valence-corrected chi connectivity index (χ4v) is 5.72. The molecule has 0 aliphatic heterocycles. The average Bonchev–Trinajstić information content (AvgIpc) is 3.36. The molecule has 0 bridgehead atoms. The van der Waals surface area contributed by atoms with Crippen molar-refractivity contribution in [3.05, 3.63) is 95.1 Å². The number of carbonyl (C=O) groups is 1. The number of benzene rings is 2. The zero-order valence-electron chi connectivity index (χ0n) is 20.8. The van der Waals surface area contributed by atoms with E-state index in [9.17, 15) is 15.0 Å². The van der Waals surface area contributed by atoms with Crippen molar-refractivity contribution in [3.8, 4) is 0 Å². The van der Waals surface area contributed by atoms with Gasteiger partial charge in [-0.2, -0.15) is 0 Å². The van der Waals surface area contributed by atoms with Crippen LogP contribution in [0.25, 0.3) is 0 Å². The van der Waals surface area contributed by atoms with E-state index in [1.54, 1.807) is 0 Å². The molecular weight excluding hydrogens is 434 g/mol. The first kappa shape index (κ1) is 25.4. The van der Waals surface area contributed by atoms with Crippen molar-refractivity contribution in [2.24, 2.45) is 17.8 Å². The number of rotatable bonds is 11. The van der Waals surface area contributed by atoms with Crippen LogP contribution in [0.4, 0.5) is 0 Å². The standard InChI is InChI=1S/C31H39NO3/c1-22-8-7-12-24(16-22)18-27(33)14-15-28-29-19-25(17-26(29)20-30(28)34)11-5-6-13-31(35)32-21-23-9-3-2-4-10-23/h2-4,7-10,12,14-17,26-30,33-34H,5-6,11,13,18-21H2,1H3,(H,32,35)/t26-,27-,28+,29-,30+/m0/s1. The summed E-state index contributed by atoms with van der Waals surface area (Å²) in [6, 6.07) is 18.2. The Bertz CT molecular complexity index is 1030. The lowest BCUT2D eigenvalue weighted by atomic mass is 9.88. The number of allylic oxidation sites excluding steroid dienone is 2. The van der Waals surface area contributed by atoms with Gasteiger partial charge >= 0.3 is 0 Å². The minimum Gasteiger partial charge on any atom is -0.392 e. The van der Waals surface area contributed by atoms with Gasteiger partial charge in [0, 0.05) is 25.3 Å². The SMILES string of the molecule is Cc1cccc(C[C@@H](O)C=C[C@@H]2[C@H]3CC(CCCCC(=O)NCc4ccccc4)=C[C@H]3C[C@H]2O)c1. The normalized spacial score (nSPS) is 24.4. The summed E-state index contributed by atoms with van der Waals surface area (Å²) in [4.78, 5) is 12.1. The maximum absolute atomic E-state index is 12.1. The summed E-state index contributed by atoms with van der Waals surface area (Å²) < 4.78 is 0. The Balaban J connectivity index is 1.17. The predicted molar refractivity (Wildman–Crippen MR) is 141 cm³/mol. The van der Waals surface area contributed by atoms with Gasteiger partial charge in [0.05, 0.1) is 12.2 Å². The first-order chi connectivity index (χ1) is 17.0. The van der Waals surface area contributed by atoms with Gasteiger partial charge in [-0.15, -0.1) is 0 Å². The van der Waals surface area contributed by atoms with Crippen molar-refractivity contribution in [1.29, 1.82) is 0 Å². The first-order valence-electron chi connectivity index (χ1n) is 13.1. The molecule has 0 aromatic heterocycles. The minimum absolute atomic E-state index is 0.102. The van der Waals surface area contributed by atoms with Gasteiger partial charge < -0.3 is 15.5 Å². The summed E-state index contributed by atoms with van der Waals surface area (Å²) in [7, 11) is 0. The third kappa shape index (κ3) is 7.39. The Hall–Kier alpha value is -2.69. The molecule has 0 spiro atoms.